The number of aryl methyl sites for hydroxylation is 1. The minimum atomic E-state index is -0.215. The van der Waals surface area contributed by atoms with E-state index in [9.17, 15) is 4.79 Å². The second kappa shape index (κ2) is 18.9. The topological polar surface area (TPSA) is 71.6 Å². The molecule has 0 spiro atoms. The van der Waals surface area contributed by atoms with Crippen LogP contribution in [0.4, 0.5) is 10.5 Å². The number of rotatable bonds is 18. The Kier molecular flexibility index (Phi) is 13.5. The lowest BCUT2D eigenvalue weighted by molar-refractivity contribution is 0.241. The van der Waals surface area contributed by atoms with E-state index in [2.05, 4.69) is 83.5 Å². The molecule has 2 atom stereocenters. The first-order valence-electron chi connectivity index (χ1n) is 17.1. The molecule has 5 aromatic rings. The van der Waals surface area contributed by atoms with Crippen molar-refractivity contribution in [2.75, 3.05) is 5.32 Å². The zero-order chi connectivity index (χ0) is 33.2. The minimum absolute atomic E-state index is 0.0255. The lowest BCUT2D eigenvalue weighted by Gasteiger charge is -2.27. The summed E-state index contributed by atoms with van der Waals surface area (Å²) in [5.74, 6) is 1.45. The average Bonchev–Trinajstić information content (AvgIpc) is 3.13. The molecule has 0 aliphatic rings. The van der Waals surface area contributed by atoms with Gasteiger partial charge in [0.15, 0.2) is 11.5 Å². The van der Waals surface area contributed by atoms with Gasteiger partial charge in [0.25, 0.3) is 0 Å². The Morgan fingerprint density at radius 2 is 1.21 bits per heavy atom. The van der Waals surface area contributed by atoms with Crippen LogP contribution in [0.5, 0.6) is 11.5 Å². The van der Waals surface area contributed by atoms with E-state index in [1.807, 2.05) is 78.9 Å². The Balaban J connectivity index is 1.30. The Morgan fingerprint density at radius 1 is 0.625 bits per heavy atom. The first-order valence-corrected chi connectivity index (χ1v) is 17.1. The Morgan fingerprint density at radius 3 is 1.83 bits per heavy atom. The first kappa shape index (κ1) is 34.3. The van der Waals surface area contributed by atoms with Crippen molar-refractivity contribution in [3.63, 3.8) is 0 Å². The van der Waals surface area contributed by atoms with Crippen LogP contribution < -0.4 is 25.4 Å². The molecule has 6 nitrogen and oxygen atoms in total. The fourth-order valence-electron chi connectivity index (χ4n) is 5.64. The number of benzene rings is 5. The van der Waals surface area contributed by atoms with Crippen molar-refractivity contribution in [1.82, 2.24) is 10.6 Å². The highest BCUT2D eigenvalue weighted by Gasteiger charge is 2.20. The smallest absolute Gasteiger partial charge is 0.320 e. The monoisotopic (exact) mass is 641 g/mol. The molecule has 0 saturated heterocycles. The summed E-state index contributed by atoms with van der Waals surface area (Å²) in [6, 6.07) is 46.4. The maximum absolute atomic E-state index is 13.0. The summed E-state index contributed by atoms with van der Waals surface area (Å²) in [5.41, 5.74) is 5.32. The van der Waals surface area contributed by atoms with Crippen LogP contribution in [0.2, 0.25) is 0 Å². The fourth-order valence-corrected chi connectivity index (χ4v) is 5.64. The third-order valence-electron chi connectivity index (χ3n) is 8.24. The van der Waals surface area contributed by atoms with Crippen LogP contribution in [-0.2, 0) is 19.6 Å². The molecule has 0 bridgehead atoms. The molecule has 6 heteroatoms. The molecule has 0 heterocycles. The zero-order valence-electron chi connectivity index (χ0n) is 27.8. The van der Waals surface area contributed by atoms with E-state index in [1.165, 1.54) is 5.56 Å². The second-order valence-electron chi connectivity index (χ2n) is 12.0. The van der Waals surface area contributed by atoms with E-state index in [4.69, 9.17) is 9.47 Å². The van der Waals surface area contributed by atoms with Crippen molar-refractivity contribution < 1.29 is 14.3 Å². The summed E-state index contributed by atoms with van der Waals surface area (Å²) in [4.78, 5) is 13.0. The van der Waals surface area contributed by atoms with Gasteiger partial charge in [-0.05, 0) is 65.8 Å². The average molecular weight is 642 g/mol. The van der Waals surface area contributed by atoms with Crippen LogP contribution in [0, 0.1) is 0 Å². The SMILES string of the molecule is CCCCCC(NC(=O)Nc1ccccc1)NC(CCc1ccc(OCc2ccccc2)c(OCc2ccccc2)c1)c1ccccc1. The standard InChI is InChI=1S/C42H47N3O3/c1-2-3-8-25-41(45-42(46)43-37-23-15-7-16-24-37)44-38(36-21-13-6-14-22-36)28-26-33-27-29-39(47-31-34-17-9-4-10-18-34)40(30-33)48-32-35-19-11-5-12-20-35/h4-7,9-24,27,29-30,38,41,44H,2-3,8,25-26,28,31-32H2,1H3,(H2,43,45,46). The molecule has 248 valence electrons. The molecule has 0 fully saturated rings. The van der Waals surface area contributed by atoms with Crippen LogP contribution >= 0.6 is 0 Å². The van der Waals surface area contributed by atoms with Crippen LogP contribution in [-0.4, -0.2) is 12.2 Å². The number of amides is 2. The molecular formula is C42H47N3O3. The third kappa shape index (κ3) is 11.3. The van der Waals surface area contributed by atoms with Gasteiger partial charge in [-0.15, -0.1) is 0 Å². The minimum Gasteiger partial charge on any atom is -0.485 e. The lowest BCUT2D eigenvalue weighted by atomic mass is 9.98. The molecule has 0 aliphatic heterocycles. The molecule has 2 unspecified atom stereocenters. The van der Waals surface area contributed by atoms with E-state index in [0.29, 0.717) is 13.2 Å². The highest BCUT2D eigenvalue weighted by Crippen LogP contribution is 2.32. The van der Waals surface area contributed by atoms with E-state index >= 15 is 0 Å². The van der Waals surface area contributed by atoms with Crippen molar-refractivity contribution in [1.29, 1.82) is 0 Å². The molecule has 0 radical (unpaired) electrons. The summed E-state index contributed by atoms with van der Waals surface area (Å²) < 4.78 is 12.6. The molecule has 0 aromatic heterocycles. The maximum atomic E-state index is 13.0. The van der Waals surface area contributed by atoms with Crippen molar-refractivity contribution in [2.45, 2.75) is 70.9 Å². The van der Waals surface area contributed by atoms with Crippen LogP contribution in [0.1, 0.15) is 67.3 Å². The van der Waals surface area contributed by atoms with E-state index < -0.39 is 0 Å². The van der Waals surface area contributed by atoms with Crippen LogP contribution in [0.15, 0.2) is 140 Å². The molecule has 5 rings (SSSR count). The number of para-hydroxylation sites is 1. The first-order chi connectivity index (χ1) is 23.7. The highest BCUT2D eigenvalue weighted by atomic mass is 16.5. The van der Waals surface area contributed by atoms with E-state index in [1.54, 1.807) is 0 Å². The van der Waals surface area contributed by atoms with Gasteiger partial charge >= 0.3 is 6.03 Å². The molecule has 0 aliphatic carbocycles. The number of carbonyl (C=O) groups excluding carboxylic acids is 1. The Bertz CT molecular complexity index is 1630. The van der Waals surface area contributed by atoms with Crippen LogP contribution in [0.25, 0.3) is 0 Å². The van der Waals surface area contributed by atoms with Crippen molar-refractivity contribution in [3.05, 3.63) is 162 Å². The number of ether oxygens (including phenoxy) is 2. The highest BCUT2D eigenvalue weighted by molar-refractivity contribution is 5.89. The van der Waals surface area contributed by atoms with E-state index in [-0.39, 0.29) is 18.2 Å². The quantitative estimate of drug-likeness (QED) is 0.0658. The van der Waals surface area contributed by atoms with E-state index in [0.717, 1.165) is 72.4 Å². The van der Waals surface area contributed by atoms with Gasteiger partial charge < -0.3 is 20.1 Å². The molecule has 2 amide bonds. The molecule has 5 aromatic carbocycles. The summed E-state index contributed by atoms with van der Waals surface area (Å²) in [6.07, 6.45) is 5.54. The van der Waals surface area contributed by atoms with Gasteiger partial charge in [-0.2, -0.15) is 0 Å². The maximum Gasteiger partial charge on any atom is 0.320 e. The van der Waals surface area contributed by atoms with Gasteiger partial charge in [0.1, 0.15) is 13.2 Å². The number of hydrogen-bond donors (Lipinski definition) is 3. The molecule has 3 N–H and O–H groups in total. The van der Waals surface area contributed by atoms with Gasteiger partial charge in [-0.1, -0.05) is 141 Å². The third-order valence-corrected chi connectivity index (χ3v) is 8.24. The molecule has 0 saturated carbocycles. The second-order valence-corrected chi connectivity index (χ2v) is 12.0. The normalized spacial score (nSPS) is 12.1. The van der Waals surface area contributed by atoms with Crippen molar-refractivity contribution in [3.8, 4) is 11.5 Å². The summed E-state index contributed by atoms with van der Waals surface area (Å²) >= 11 is 0. The largest absolute Gasteiger partial charge is 0.485 e. The van der Waals surface area contributed by atoms with Gasteiger partial charge in [-0.3, -0.25) is 5.32 Å². The summed E-state index contributed by atoms with van der Waals surface area (Å²) in [5, 5.41) is 9.97. The zero-order valence-corrected chi connectivity index (χ0v) is 27.8. The number of anilines is 1. The van der Waals surface area contributed by atoms with Gasteiger partial charge in [0, 0.05) is 11.7 Å². The Labute approximate surface area is 285 Å². The predicted octanol–water partition coefficient (Wildman–Crippen LogP) is 9.84. The lowest BCUT2D eigenvalue weighted by Crippen LogP contribution is -2.48. The van der Waals surface area contributed by atoms with Crippen molar-refractivity contribution >= 4 is 11.7 Å². The van der Waals surface area contributed by atoms with Crippen molar-refractivity contribution in [2.24, 2.45) is 0 Å². The number of nitrogens with one attached hydrogen (secondary N) is 3. The number of unbranched alkanes of at least 4 members (excludes halogenated alkanes) is 2. The summed E-state index contributed by atoms with van der Waals surface area (Å²) in [6.45, 7) is 3.11. The predicted molar refractivity (Wildman–Crippen MR) is 195 cm³/mol. The Hall–Kier alpha value is -5.07. The summed E-state index contributed by atoms with van der Waals surface area (Å²) in [7, 11) is 0. The number of urea groups is 1. The van der Waals surface area contributed by atoms with Gasteiger partial charge in [0.05, 0.1) is 6.17 Å². The van der Waals surface area contributed by atoms with Gasteiger partial charge in [0.2, 0.25) is 0 Å². The van der Waals surface area contributed by atoms with Crippen LogP contribution in [0.3, 0.4) is 0 Å². The number of carbonyl (C=O) groups is 1. The van der Waals surface area contributed by atoms with Gasteiger partial charge in [-0.25, -0.2) is 4.79 Å². The number of hydrogen-bond acceptors (Lipinski definition) is 4. The molecular weight excluding hydrogens is 594 g/mol. The fraction of sp³-hybridized carbons (Fsp3) is 0.262. The molecule has 48 heavy (non-hydrogen) atoms.